The fraction of sp³-hybridized carbons (Fsp3) is 0.583. The fourth-order valence-corrected chi connectivity index (χ4v) is 1.57. The summed E-state index contributed by atoms with van der Waals surface area (Å²) in [6, 6.07) is 4.12. The van der Waals surface area contributed by atoms with Crippen molar-refractivity contribution in [2.24, 2.45) is 0 Å². The molecule has 0 radical (unpaired) electrons. The molecule has 0 aliphatic carbocycles. The Morgan fingerprint density at radius 1 is 1.53 bits per heavy atom. The van der Waals surface area contributed by atoms with Gasteiger partial charge in [-0.15, -0.1) is 0 Å². The van der Waals surface area contributed by atoms with Crippen LogP contribution < -0.4 is 10.2 Å². The van der Waals surface area contributed by atoms with E-state index in [0.717, 1.165) is 5.56 Å². The molecule has 0 spiro atoms. The molecular weight excluding hydrogens is 236 g/mol. The maximum Gasteiger partial charge on any atom is 0.142 e. The molecule has 1 heterocycles. The van der Waals surface area contributed by atoms with Crippen molar-refractivity contribution in [3.05, 3.63) is 28.5 Å². The molecule has 1 atom stereocenters. The molecule has 0 aliphatic heterocycles. The third-order valence-electron chi connectivity index (χ3n) is 2.21. The minimum atomic E-state index is -0.541. The van der Waals surface area contributed by atoms with E-state index in [9.17, 15) is 5.11 Å². The van der Waals surface area contributed by atoms with Gasteiger partial charge in [0.1, 0.15) is 17.4 Å². The number of rotatable bonds is 6. The van der Waals surface area contributed by atoms with Crippen LogP contribution >= 0.6 is 12.2 Å². The summed E-state index contributed by atoms with van der Waals surface area (Å²) in [5.41, 5.74) is 1.09. The molecule has 96 valence electrons. The van der Waals surface area contributed by atoms with Crippen LogP contribution in [0.3, 0.4) is 0 Å². The molecule has 0 aliphatic rings. The van der Waals surface area contributed by atoms with E-state index in [1.165, 1.54) is 4.73 Å². The van der Waals surface area contributed by atoms with Crippen LogP contribution in [0.5, 0.6) is 0 Å². The number of aliphatic hydroxyl groups is 1. The first kappa shape index (κ1) is 14.2. The van der Waals surface area contributed by atoms with E-state index in [4.69, 9.17) is 17.1 Å². The Balaban J connectivity index is 2.42. The number of pyridine rings is 1. The van der Waals surface area contributed by atoms with Crippen molar-refractivity contribution in [2.45, 2.75) is 32.9 Å². The summed E-state index contributed by atoms with van der Waals surface area (Å²) in [6.45, 7) is 6.77. The van der Waals surface area contributed by atoms with Crippen LogP contribution in [0.2, 0.25) is 0 Å². The zero-order valence-corrected chi connectivity index (χ0v) is 11.3. The average Bonchev–Trinajstić information content (AvgIpc) is 2.25. The summed E-state index contributed by atoms with van der Waals surface area (Å²) < 4.78 is 2.11. The van der Waals surface area contributed by atoms with E-state index in [1.54, 1.807) is 6.20 Å². The number of aryl methyl sites for hydroxylation is 1. The average molecular weight is 256 g/mol. The lowest BCUT2D eigenvalue weighted by Crippen LogP contribution is -2.36. The lowest BCUT2D eigenvalue weighted by molar-refractivity contribution is 0.0238. The first-order valence-corrected chi connectivity index (χ1v) is 6.14. The molecule has 0 bridgehead atoms. The minimum absolute atomic E-state index is 0.219. The summed E-state index contributed by atoms with van der Waals surface area (Å²) in [6.07, 6.45) is 1.22. The Labute approximate surface area is 107 Å². The molecule has 1 aromatic heterocycles. The van der Waals surface area contributed by atoms with Gasteiger partial charge in [-0.1, -0.05) is 26.1 Å². The largest absolute Gasteiger partial charge is 0.410 e. The summed E-state index contributed by atoms with van der Waals surface area (Å²) in [4.78, 5) is 5.41. The SMILES string of the molecule is Cc1ccn(OCC(O)CNC(C)C)c(=S)c1. The van der Waals surface area contributed by atoms with Crippen molar-refractivity contribution in [3.63, 3.8) is 0 Å². The number of hydrogen-bond donors (Lipinski definition) is 2. The molecule has 0 aromatic carbocycles. The maximum atomic E-state index is 9.67. The topological polar surface area (TPSA) is 46.4 Å². The standard InChI is InChI=1S/C12H20N2O2S/c1-9(2)13-7-11(15)8-16-14-5-4-10(3)6-12(14)17/h4-6,9,11,13,15H,7-8H2,1-3H3. The summed E-state index contributed by atoms with van der Waals surface area (Å²) in [5.74, 6) is 0. The van der Waals surface area contributed by atoms with Crippen LogP contribution in [0, 0.1) is 11.6 Å². The number of aliphatic hydroxyl groups excluding tert-OH is 1. The molecule has 5 heteroatoms. The van der Waals surface area contributed by atoms with Gasteiger partial charge in [0.2, 0.25) is 0 Å². The molecule has 17 heavy (non-hydrogen) atoms. The van der Waals surface area contributed by atoms with Gasteiger partial charge in [0, 0.05) is 18.8 Å². The molecule has 0 fully saturated rings. The molecule has 2 N–H and O–H groups in total. The lowest BCUT2D eigenvalue weighted by Gasteiger charge is -2.16. The summed E-state index contributed by atoms with van der Waals surface area (Å²) in [7, 11) is 0. The van der Waals surface area contributed by atoms with Crippen LogP contribution in [-0.4, -0.2) is 35.1 Å². The fourth-order valence-electron chi connectivity index (χ4n) is 1.27. The van der Waals surface area contributed by atoms with Crippen LogP contribution in [0.25, 0.3) is 0 Å². The molecule has 0 saturated carbocycles. The van der Waals surface area contributed by atoms with Gasteiger partial charge in [-0.2, -0.15) is 4.73 Å². The second kappa shape index (κ2) is 6.74. The second-order valence-electron chi connectivity index (χ2n) is 4.38. The minimum Gasteiger partial charge on any atom is -0.410 e. The van der Waals surface area contributed by atoms with E-state index >= 15 is 0 Å². The van der Waals surface area contributed by atoms with Crippen molar-refractivity contribution in [1.29, 1.82) is 0 Å². The van der Waals surface area contributed by atoms with Gasteiger partial charge in [0.05, 0.1) is 0 Å². The number of aromatic nitrogens is 1. The van der Waals surface area contributed by atoms with Gasteiger partial charge in [-0.05, 0) is 24.6 Å². The highest BCUT2D eigenvalue weighted by Crippen LogP contribution is 1.98. The van der Waals surface area contributed by atoms with E-state index in [-0.39, 0.29) is 6.61 Å². The Kier molecular flexibility index (Phi) is 5.61. The van der Waals surface area contributed by atoms with Crippen molar-refractivity contribution in [2.75, 3.05) is 13.2 Å². The normalized spacial score (nSPS) is 12.8. The second-order valence-corrected chi connectivity index (χ2v) is 4.80. The van der Waals surface area contributed by atoms with Gasteiger partial charge < -0.3 is 15.3 Å². The number of hydrogen-bond acceptors (Lipinski definition) is 4. The summed E-state index contributed by atoms with van der Waals surface area (Å²) in [5, 5.41) is 12.8. The first-order valence-electron chi connectivity index (χ1n) is 5.73. The Morgan fingerprint density at radius 3 is 2.82 bits per heavy atom. The molecule has 4 nitrogen and oxygen atoms in total. The van der Waals surface area contributed by atoms with Crippen LogP contribution in [-0.2, 0) is 0 Å². The molecule has 0 saturated heterocycles. The molecule has 1 aromatic rings. The van der Waals surface area contributed by atoms with Crippen LogP contribution in [0.1, 0.15) is 19.4 Å². The van der Waals surface area contributed by atoms with E-state index < -0.39 is 6.10 Å². The summed E-state index contributed by atoms with van der Waals surface area (Å²) >= 11 is 5.14. The molecular formula is C12H20N2O2S. The highest BCUT2D eigenvalue weighted by atomic mass is 32.1. The van der Waals surface area contributed by atoms with Gasteiger partial charge in [-0.3, -0.25) is 0 Å². The van der Waals surface area contributed by atoms with Crippen LogP contribution in [0.15, 0.2) is 18.3 Å². The van der Waals surface area contributed by atoms with Gasteiger partial charge in [-0.25, -0.2) is 0 Å². The van der Waals surface area contributed by atoms with Gasteiger partial charge >= 0.3 is 0 Å². The number of nitrogens with zero attached hydrogens (tertiary/aromatic N) is 1. The Bertz CT molecular complexity index is 404. The Hall–Kier alpha value is -0.910. The van der Waals surface area contributed by atoms with E-state index in [1.807, 2.05) is 32.9 Å². The van der Waals surface area contributed by atoms with Gasteiger partial charge in [0.25, 0.3) is 0 Å². The highest BCUT2D eigenvalue weighted by Gasteiger charge is 2.05. The van der Waals surface area contributed by atoms with Crippen LogP contribution in [0.4, 0.5) is 0 Å². The number of nitrogens with one attached hydrogen (secondary N) is 1. The maximum absolute atomic E-state index is 9.67. The van der Waals surface area contributed by atoms with E-state index in [0.29, 0.717) is 17.2 Å². The highest BCUT2D eigenvalue weighted by molar-refractivity contribution is 7.71. The molecule has 1 unspecified atom stereocenters. The third kappa shape index (κ3) is 5.30. The van der Waals surface area contributed by atoms with Crippen molar-refractivity contribution in [1.82, 2.24) is 10.0 Å². The predicted molar refractivity (Wildman–Crippen MR) is 70.6 cm³/mol. The molecule has 1 rings (SSSR count). The zero-order valence-electron chi connectivity index (χ0n) is 10.5. The monoisotopic (exact) mass is 256 g/mol. The quantitative estimate of drug-likeness (QED) is 0.754. The van der Waals surface area contributed by atoms with E-state index in [2.05, 4.69) is 5.32 Å². The molecule has 0 amide bonds. The first-order chi connectivity index (χ1) is 7.99. The zero-order chi connectivity index (χ0) is 12.8. The smallest absolute Gasteiger partial charge is 0.142 e. The third-order valence-corrected chi connectivity index (χ3v) is 2.51. The van der Waals surface area contributed by atoms with Crippen molar-refractivity contribution >= 4 is 12.2 Å². The Morgan fingerprint density at radius 2 is 2.24 bits per heavy atom. The van der Waals surface area contributed by atoms with Crippen molar-refractivity contribution in [3.8, 4) is 0 Å². The predicted octanol–water partition coefficient (Wildman–Crippen LogP) is 1.31. The lowest BCUT2D eigenvalue weighted by atomic mass is 10.3. The van der Waals surface area contributed by atoms with Gasteiger partial charge in [0.15, 0.2) is 0 Å². The van der Waals surface area contributed by atoms with Crippen molar-refractivity contribution < 1.29 is 9.94 Å².